The molecule has 0 bridgehead atoms. The number of hydrogen-bond donors (Lipinski definition) is 2. The van der Waals surface area contributed by atoms with Crippen molar-refractivity contribution in [2.24, 2.45) is 5.73 Å². The number of hydrogen-bond acceptors (Lipinski definition) is 4. The van der Waals surface area contributed by atoms with Crippen LogP contribution in [0.5, 0.6) is 5.75 Å². The van der Waals surface area contributed by atoms with E-state index >= 15 is 0 Å². The van der Waals surface area contributed by atoms with Crippen LogP contribution in [-0.2, 0) is 9.53 Å². The Balaban J connectivity index is 2.04. The summed E-state index contributed by atoms with van der Waals surface area (Å²) in [6, 6.07) is 5.21. The zero-order valence-electron chi connectivity index (χ0n) is 11.3. The van der Waals surface area contributed by atoms with Gasteiger partial charge >= 0.3 is 0 Å². The molecule has 2 rings (SSSR count). The zero-order chi connectivity index (χ0) is 14.5. The number of nitrogens with one attached hydrogen (secondary N) is 1. The first-order chi connectivity index (χ1) is 9.60. The van der Waals surface area contributed by atoms with Crippen molar-refractivity contribution in [3.8, 4) is 5.75 Å². The number of ether oxygens (including phenoxy) is 2. The summed E-state index contributed by atoms with van der Waals surface area (Å²) in [5.74, 6) is 0.453. The minimum absolute atomic E-state index is 0.0249. The number of carbonyl (C=O) groups excluding carboxylic acids is 1. The van der Waals surface area contributed by atoms with Crippen LogP contribution in [0.25, 0.3) is 0 Å². The fraction of sp³-hybridized carbons (Fsp3) is 0.429. The summed E-state index contributed by atoms with van der Waals surface area (Å²) >= 11 is 4.91. The number of amides is 1. The third-order valence-corrected chi connectivity index (χ3v) is 3.43. The number of rotatable bonds is 5. The molecule has 1 amide bonds. The Labute approximate surface area is 123 Å². The molecule has 0 aromatic heterocycles. The second-order valence-corrected chi connectivity index (χ2v) is 5.11. The van der Waals surface area contributed by atoms with Crippen LogP contribution < -0.4 is 15.8 Å². The molecule has 1 aliphatic rings. The smallest absolute Gasteiger partial charge is 0.227 e. The molecule has 0 spiro atoms. The molecule has 1 saturated heterocycles. The molecule has 1 fully saturated rings. The molecule has 1 aliphatic heterocycles. The van der Waals surface area contributed by atoms with E-state index in [1.54, 1.807) is 18.2 Å². The molecule has 20 heavy (non-hydrogen) atoms. The lowest BCUT2D eigenvalue weighted by molar-refractivity contribution is -0.118. The van der Waals surface area contributed by atoms with E-state index in [0.717, 1.165) is 19.4 Å². The molecular formula is C14H18N2O3S. The van der Waals surface area contributed by atoms with Crippen molar-refractivity contribution in [2.75, 3.05) is 19.0 Å². The van der Waals surface area contributed by atoms with Crippen LogP contribution in [0.2, 0.25) is 0 Å². The standard InChI is InChI=1S/C14H18N2O3S/c1-18-12-7-9(14(15)20)4-5-11(12)16-13(17)8-10-3-2-6-19-10/h4-5,7,10H,2-3,6,8H2,1H3,(H2,15,20)(H,16,17). The lowest BCUT2D eigenvalue weighted by atomic mass is 10.1. The van der Waals surface area contributed by atoms with Gasteiger partial charge in [-0.3, -0.25) is 4.79 Å². The molecule has 108 valence electrons. The van der Waals surface area contributed by atoms with E-state index in [4.69, 9.17) is 27.4 Å². The molecule has 1 aromatic rings. The second-order valence-electron chi connectivity index (χ2n) is 4.67. The molecule has 0 radical (unpaired) electrons. The fourth-order valence-electron chi connectivity index (χ4n) is 2.16. The molecule has 1 aromatic carbocycles. The third kappa shape index (κ3) is 3.68. The highest BCUT2D eigenvalue weighted by Crippen LogP contribution is 2.26. The van der Waals surface area contributed by atoms with E-state index in [1.165, 1.54) is 7.11 Å². The molecule has 1 atom stereocenters. The fourth-order valence-corrected chi connectivity index (χ4v) is 2.29. The Bertz CT molecular complexity index is 513. The van der Waals surface area contributed by atoms with E-state index in [-0.39, 0.29) is 12.0 Å². The Morgan fingerprint density at radius 3 is 3.00 bits per heavy atom. The van der Waals surface area contributed by atoms with Crippen LogP contribution >= 0.6 is 12.2 Å². The van der Waals surface area contributed by atoms with Crippen LogP contribution in [0.3, 0.4) is 0 Å². The first kappa shape index (κ1) is 14.7. The van der Waals surface area contributed by atoms with Gasteiger partial charge in [-0.1, -0.05) is 12.2 Å². The summed E-state index contributed by atoms with van der Waals surface area (Å²) in [7, 11) is 1.54. The maximum absolute atomic E-state index is 12.0. The molecular weight excluding hydrogens is 276 g/mol. The monoisotopic (exact) mass is 294 g/mol. The van der Waals surface area contributed by atoms with Crippen molar-refractivity contribution in [1.82, 2.24) is 0 Å². The van der Waals surface area contributed by atoms with Crippen LogP contribution in [0.1, 0.15) is 24.8 Å². The maximum Gasteiger partial charge on any atom is 0.227 e. The Kier molecular flexibility index (Phi) is 4.92. The summed E-state index contributed by atoms with van der Waals surface area (Å²) in [5, 5.41) is 2.83. The summed E-state index contributed by atoms with van der Waals surface area (Å²) in [5.41, 5.74) is 6.88. The first-order valence-electron chi connectivity index (χ1n) is 6.49. The van der Waals surface area contributed by atoms with Crippen LogP contribution in [0.15, 0.2) is 18.2 Å². The summed E-state index contributed by atoms with van der Waals surface area (Å²) in [6.07, 6.45) is 2.34. The topological polar surface area (TPSA) is 73.6 Å². The summed E-state index contributed by atoms with van der Waals surface area (Å²) in [4.78, 5) is 12.3. The van der Waals surface area contributed by atoms with Gasteiger partial charge in [0.2, 0.25) is 5.91 Å². The van der Waals surface area contributed by atoms with Crippen molar-refractivity contribution in [3.05, 3.63) is 23.8 Å². The first-order valence-corrected chi connectivity index (χ1v) is 6.90. The van der Waals surface area contributed by atoms with Crippen LogP contribution in [-0.4, -0.2) is 30.7 Å². The molecule has 1 heterocycles. The van der Waals surface area contributed by atoms with E-state index in [0.29, 0.717) is 28.4 Å². The van der Waals surface area contributed by atoms with Gasteiger partial charge in [-0.05, 0) is 31.0 Å². The predicted molar refractivity (Wildman–Crippen MR) is 81.1 cm³/mol. The molecule has 6 heteroatoms. The highest BCUT2D eigenvalue weighted by Gasteiger charge is 2.19. The zero-order valence-corrected chi connectivity index (χ0v) is 12.2. The second kappa shape index (κ2) is 6.67. The number of thiocarbonyl (C=S) groups is 1. The summed E-state index contributed by atoms with van der Waals surface area (Å²) < 4.78 is 10.7. The average Bonchev–Trinajstić information content (AvgIpc) is 2.91. The Morgan fingerprint density at radius 2 is 2.40 bits per heavy atom. The van der Waals surface area contributed by atoms with Crippen molar-refractivity contribution >= 4 is 28.8 Å². The van der Waals surface area contributed by atoms with Crippen molar-refractivity contribution in [2.45, 2.75) is 25.4 Å². The number of nitrogens with two attached hydrogens (primary N) is 1. The number of benzene rings is 1. The highest BCUT2D eigenvalue weighted by molar-refractivity contribution is 7.80. The number of methoxy groups -OCH3 is 1. The lowest BCUT2D eigenvalue weighted by Gasteiger charge is -2.13. The van der Waals surface area contributed by atoms with Gasteiger partial charge in [0.1, 0.15) is 10.7 Å². The minimum Gasteiger partial charge on any atom is -0.495 e. The SMILES string of the molecule is COc1cc(C(N)=S)ccc1NC(=O)CC1CCCO1. The Morgan fingerprint density at radius 1 is 1.60 bits per heavy atom. The van der Waals surface area contributed by atoms with Crippen molar-refractivity contribution in [1.29, 1.82) is 0 Å². The normalized spacial score (nSPS) is 17.8. The molecule has 0 aliphatic carbocycles. The highest BCUT2D eigenvalue weighted by atomic mass is 32.1. The summed E-state index contributed by atoms with van der Waals surface area (Å²) in [6.45, 7) is 0.740. The van der Waals surface area contributed by atoms with Gasteiger partial charge in [0.25, 0.3) is 0 Å². The van der Waals surface area contributed by atoms with Gasteiger partial charge in [-0.15, -0.1) is 0 Å². The lowest BCUT2D eigenvalue weighted by Crippen LogP contribution is -2.19. The van der Waals surface area contributed by atoms with Gasteiger partial charge in [0.15, 0.2) is 0 Å². The predicted octanol–water partition coefficient (Wildman–Crippen LogP) is 1.84. The number of carbonyl (C=O) groups is 1. The van der Waals surface area contributed by atoms with Crippen LogP contribution in [0, 0.1) is 0 Å². The van der Waals surface area contributed by atoms with Gasteiger partial charge in [-0.25, -0.2) is 0 Å². The van der Waals surface area contributed by atoms with E-state index < -0.39 is 0 Å². The van der Waals surface area contributed by atoms with Gasteiger partial charge < -0.3 is 20.5 Å². The minimum atomic E-state index is -0.0849. The molecule has 5 nitrogen and oxygen atoms in total. The molecule has 0 saturated carbocycles. The quantitative estimate of drug-likeness (QED) is 0.811. The average molecular weight is 294 g/mol. The van der Waals surface area contributed by atoms with E-state index in [1.807, 2.05) is 0 Å². The molecule has 1 unspecified atom stereocenters. The van der Waals surface area contributed by atoms with E-state index in [9.17, 15) is 4.79 Å². The maximum atomic E-state index is 12.0. The largest absolute Gasteiger partial charge is 0.495 e. The van der Waals surface area contributed by atoms with E-state index in [2.05, 4.69) is 5.32 Å². The van der Waals surface area contributed by atoms with Gasteiger partial charge in [0, 0.05) is 12.2 Å². The molecule has 3 N–H and O–H groups in total. The van der Waals surface area contributed by atoms with Gasteiger partial charge in [0.05, 0.1) is 25.3 Å². The number of anilines is 1. The third-order valence-electron chi connectivity index (χ3n) is 3.20. The van der Waals surface area contributed by atoms with Gasteiger partial charge in [-0.2, -0.15) is 0 Å². The van der Waals surface area contributed by atoms with Crippen molar-refractivity contribution < 1.29 is 14.3 Å². The van der Waals surface area contributed by atoms with Crippen molar-refractivity contribution in [3.63, 3.8) is 0 Å². The van der Waals surface area contributed by atoms with Crippen LogP contribution in [0.4, 0.5) is 5.69 Å². The Hall–Kier alpha value is -1.66.